The van der Waals surface area contributed by atoms with Crippen molar-refractivity contribution in [3.8, 4) is 5.75 Å². The minimum Gasteiger partial charge on any atom is -0.489 e. The number of thiophene rings is 1. The van der Waals surface area contributed by atoms with Crippen molar-refractivity contribution >= 4 is 33.2 Å². The Morgan fingerprint density at radius 2 is 1.85 bits per heavy atom. The molecule has 0 aliphatic heterocycles. The molecule has 6 nitrogen and oxygen atoms in total. The number of fused-ring (bicyclic) bond motifs is 1. The second kappa shape index (κ2) is 7.99. The lowest BCUT2D eigenvalue weighted by molar-refractivity contribution is 0.0706. The lowest BCUT2D eigenvalue weighted by Crippen LogP contribution is -2.33. The van der Waals surface area contributed by atoms with E-state index in [-0.39, 0.29) is 12.0 Å². The lowest BCUT2D eigenvalue weighted by atomic mass is 10.2. The van der Waals surface area contributed by atoms with E-state index in [1.165, 1.54) is 11.3 Å². The minimum absolute atomic E-state index is 0.128. The van der Waals surface area contributed by atoms with E-state index in [9.17, 15) is 9.59 Å². The van der Waals surface area contributed by atoms with E-state index >= 15 is 0 Å². The number of hydroxylamine groups is 1. The maximum atomic E-state index is 12.3. The summed E-state index contributed by atoms with van der Waals surface area (Å²) in [6.45, 7) is 2.20. The molecule has 0 unspecified atom stereocenters. The molecular formula is C19H18N2O4S. The van der Waals surface area contributed by atoms with Crippen molar-refractivity contribution in [2.75, 3.05) is 6.54 Å². The van der Waals surface area contributed by atoms with Crippen LogP contribution < -0.4 is 15.5 Å². The van der Waals surface area contributed by atoms with Gasteiger partial charge in [-0.05, 0) is 48.7 Å². The maximum Gasteiger partial charge on any atom is 0.274 e. The van der Waals surface area contributed by atoms with E-state index in [0.717, 1.165) is 10.1 Å². The van der Waals surface area contributed by atoms with Crippen LogP contribution in [0.3, 0.4) is 0 Å². The van der Waals surface area contributed by atoms with Crippen LogP contribution in [0, 0.1) is 0 Å². The molecule has 0 radical (unpaired) electrons. The zero-order chi connectivity index (χ0) is 18.5. The van der Waals surface area contributed by atoms with Crippen LogP contribution in [-0.2, 0) is 0 Å². The van der Waals surface area contributed by atoms with Crippen molar-refractivity contribution in [1.29, 1.82) is 0 Å². The fourth-order valence-corrected chi connectivity index (χ4v) is 3.42. The Hall–Kier alpha value is -2.90. The van der Waals surface area contributed by atoms with Gasteiger partial charge in [-0.15, -0.1) is 11.3 Å². The largest absolute Gasteiger partial charge is 0.489 e. The number of hydrogen-bond donors (Lipinski definition) is 3. The summed E-state index contributed by atoms with van der Waals surface area (Å²) < 4.78 is 6.80. The lowest BCUT2D eigenvalue weighted by Gasteiger charge is -2.15. The summed E-state index contributed by atoms with van der Waals surface area (Å²) in [5.74, 6) is -0.139. The normalized spacial score (nSPS) is 11.8. The van der Waals surface area contributed by atoms with Gasteiger partial charge >= 0.3 is 0 Å². The predicted octanol–water partition coefficient (Wildman–Crippen LogP) is 3.22. The second-order valence-corrected chi connectivity index (χ2v) is 6.84. The van der Waals surface area contributed by atoms with Crippen LogP contribution >= 0.6 is 11.3 Å². The van der Waals surface area contributed by atoms with E-state index in [2.05, 4.69) is 5.32 Å². The molecule has 3 rings (SSSR count). The third-order valence-electron chi connectivity index (χ3n) is 3.75. The van der Waals surface area contributed by atoms with Gasteiger partial charge in [0.15, 0.2) is 0 Å². The average molecular weight is 370 g/mol. The first-order valence-corrected chi connectivity index (χ1v) is 8.86. The maximum absolute atomic E-state index is 12.3. The van der Waals surface area contributed by atoms with Crippen LogP contribution in [0.5, 0.6) is 5.75 Å². The van der Waals surface area contributed by atoms with Gasteiger partial charge in [0.05, 0.1) is 11.4 Å². The minimum atomic E-state index is -0.583. The highest BCUT2D eigenvalue weighted by Gasteiger charge is 2.12. The standard InChI is InChI=1S/C19H18N2O4S/c1-12(25-15-8-6-13(7-9-15)18(22)21-24)11-20-19(23)17-10-14-4-2-3-5-16(14)26-17/h2-10,12,24H,11H2,1H3,(H,20,23)(H,21,22)/t12-/m0/s1. The molecule has 26 heavy (non-hydrogen) atoms. The van der Waals surface area contributed by atoms with E-state index < -0.39 is 5.91 Å². The van der Waals surface area contributed by atoms with Crippen molar-refractivity contribution in [3.63, 3.8) is 0 Å². The highest BCUT2D eigenvalue weighted by atomic mass is 32.1. The van der Waals surface area contributed by atoms with Crippen molar-refractivity contribution in [1.82, 2.24) is 10.8 Å². The van der Waals surface area contributed by atoms with Crippen molar-refractivity contribution < 1.29 is 19.5 Å². The van der Waals surface area contributed by atoms with Crippen molar-refractivity contribution in [2.24, 2.45) is 0 Å². The molecule has 2 amide bonds. The van der Waals surface area contributed by atoms with E-state index in [0.29, 0.717) is 22.7 Å². The van der Waals surface area contributed by atoms with Crippen LogP contribution in [0.4, 0.5) is 0 Å². The third kappa shape index (κ3) is 4.19. The summed E-state index contributed by atoms with van der Waals surface area (Å²) >= 11 is 1.46. The molecule has 134 valence electrons. The Kier molecular flexibility index (Phi) is 5.50. The molecule has 1 aromatic heterocycles. The van der Waals surface area contributed by atoms with E-state index in [4.69, 9.17) is 9.94 Å². The van der Waals surface area contributed by atoms with Gasteiger partial charge < -0.3 is 10.1 Å². The van der Waals surface area contributed by atoms with Gasteiger partial charge in [0.2, 0.25) is 0 Å². The summed E-state index contributed by atoms with van der Waals surface area (Å²) in [7, 11) is 0. The van der Waals surface area contributed by atoms with Crippen LogP contribution in [0.15, 0.2) is 54.6 Å². The van der Waals surface area contributed by atoms with Gasteiger partial charge in [0.1, 0.15) is 11.9 Å². The number of benzene rings is 2. The SMILES string of the molecule is C[C@@H](CNC(=O)c1cc2ccccc2s1)Oc1ccc(C(=O)NO)cc1. The van der Waals surface area contributed by atoms with E-state index in [1.54, 1.807) is 29.7 Å². The Balaban J connectivity index is 1.54. The van der Waals surface area contributed by atoms with Gasteiger partial charge in [-0.1, -0.05) is 18.2 Å². The summed E-state index contributed by atoms with van der Waals surface area (Å²) in [5.41, 5.74) is 1.90. The highest BCUT2D eigenvalue weighted by molar-refractivity contribution is 7.20. The molecule has 1 heterocycles. The zero-order valence-electron chi connectivity index (χ0n) is 14.1. The summed E-state index contributed by atoms with van der Waals surface area (Å²) in [5, 5.41) is 12.5. The molecule has 1 atom stereocenters. The Morgan fingerprint density at radius 3 is 2.54 bits per heavy atom. The first kappa shape index (κ1) is 17.9. The number of rotatable bonds is 6. The summed E-state index contributed by atoms with van der Waals surface area (Å²) in [4.78, 5) is 24.2. The molecule has 3 aromatic rings. The van der Waals surface area contributed by atoms with Crippen LogP contribution in [0.25, 0.3) is 10.1 Å². The summed E-state index contributed by atoms with van der Waals surface area (Å²) in [6.07, 6.45) is -0.245. The molecule has 2 aromatic carbocycles. The van der Waals surface area contributed by atoms with Gasteiger partial charge in [-0.25, -0.2) is 5.48 Å². The monoisotopic (exact) mass is 370 g/mol. The average Bonchev–Trinajstić information content (AvgIpc) is 3.10. The van der Waals surface area contributed by atoms with Crippen molar-refractivity contribution in [2.45, 2.75) is 13.0 Å². The fraction of sp³-hybridized carbons (Fsp3) is 0.158. The quantitative estimate of drug-likeness (QED) is 0.459. The zero-order valence-corrected chi connectivity index (χ0v) is 14.9. The summed E-state index contributed by atoms with van der Waals surface area (Å²) in [6, 6.07) is 16.1. The highest BCUT2D eigenvalue weighted by Crippen LogP contribution is 2.25. The van der Waals surface area contributed by atoms with Gasteiger partial charge in [-0.2, -0.15) is 0 Å². The van der Waals surface area contributed by atoms with Crippen LogP contribution in [-0.4, -0.2) is 29.7 Å². The first-order valence-electron chi connectivity index (χ1n) is 8.05. The Bertz CT molecular complexity index is 888. The van der Waals surface area contributed by atoms with E-state index in [1.807, 2.05) is 37.3 Å². The number of hydrogen-bond acceptors (Lipinski definition) is 5. The molecule has 0 aliphatic carbocycles. The number of carbonyl (C=O) groups is 2. The second-order valence-electron chi connectivity index (χ2n) is 5.75. The number of amides is 2. The molecule has 0 saturated heterocycles. The molecule has 3 N–H and O–H groups in total. The molecular weight excluding hydrogens is 352 g/mol. The van der Waals surface area contributed by atoms with Crippen LogP contribution in [0.1, 0.15) is 27.0 Å². The van der Waals surface area contributed by atoms with Gasteiger partial charge in [0.25, 0.3) is 11.8 Å². The third-order valence-corrected chi connectivity index (χ3v) is 4.87. The molecule has 0 fully saturated rings. The van der Waals surface area contributed by atoms with Gasteiger partial charge in [-0.3, -0.25) is 14.8 Å². The number of nitrogens with one attached hydrogen (secondary N) is 2. The smallest absolute Gasteiger partial charge is 0.274 e. The topological polar surface area (TPSA) is 87.7 Å². The molecule has 0 bridgehead atoms. The number of ether oxygens (including phenoxy) is 1. The molecule has 0 aliphatic rings. The van der Waals surface area contributed by atoms with Crippen molar-refractivity contribution in [3.05, 3.63) is 65.0 Å². The Labute approximate surface area is 154 Å². The fourth-order valence-electron chi connectivity index (χ4n) is 2.44. The van der Waals surface area contributed by atoms with Crippen LogP contribution in [0.2, 0.25) is 0 Å². The first-order chi connectivity index (χ1) is 12.6. The molecule has 0 saturated carbocycles. The number of carbonyl (C=O) groups excluding carboxylic acids is 2. The molecule has 7 heteroatoms. The predicted molar refractivity (Wildman–Crippen MR) is 99.9 cm³/mol. The molecule has 0 spiro atoms. The Morgan fingerprint density at radius 1 is 1.12 bits per heavy atom. The van der Waals surface area contributed by atoms with Gasteiger partial charge in [0, 0.05) is 10.3 Å².